The van der Waals surface area contributed by atoms with Gasteiger partial charge in [0.25, 0.3) is 0 Å². The molecule has 1 unspecified atom stereocenters. The molecular weight excluding hydrogens is 665 g/mol. The summed E-state index contributed by atoms with van der Waals surface area (Å²) < 4.78 is 0. The van der Waals surface area contributed by atoms with Crippen LogP contribution in [0.5, 0.6) is 0 Å². The fraction of sp³-hybridized carbons (Fsp3) is 0.0189. The van der Waals surface area contributed by atoms with Gasteiger partial charge in [-0.1, -0.05) is 182 Å². The van der Waals surface area contributed by atoms with Crippen LogP contribution in [0.1, 0.15) is 11.7 Å². The third-order valence-electron chi connectivity index (χ3n) is 11.4. The van der Waals surface area contributed by atoms with E-state index in [-0.39, 0.29) is 6.17 Å². The van der Waals surface area contributed by atoms with Gasteiger partial charge in [0.15, 0.2) is 0 Å². The number of hydrogen-bond donors (Lipinski definition) is 1. The Kier molecular flexibility index (Phi) is 7.28. The van der Waals surface area contributed by atoms with Crippen molar-refractivity contribution in [1.29, 1.82) is 0 Å². The first-order chi connectivity index (χ1) is 27.3. The van der Waals surface area contributed by atoms with Gasteiger partial charge in [-0.05, 0) is 107 Å². The third kappa shape index (κ3) is 4.96. The number of para-hydroxylation sites is 3. The Morgan fingerprint density at radius 3 is 1.31 bits per heavy atom. The van der Waals surface area contributed by atoms with Crippen molar-refractivity contribution < 1.29 is 0 Å². The molecule has 2 heteroatoms. The smallest absolute Gasteiger partial charge is 0.130 e. The SMILES string of the molecule is c1ccc(-c2c(-c3ccc(C4Nc5ccccc5N4c4ccccc4)cc3)c(-c3ccccc3)c3c(c2-c2ccccc2)-c2cccc4cccc-3c24)cc1. The molecule has 11 rings (SSSR count). The maximum atomic E-state index is 3.84. The van der Waals surface area contributed by atoms with Crippen LogP contribution >= 0.6 is 0 Å². The van der Waals surface area contributed by atoms with Gasteiger partial charge in [-0.15, -0.1) is 0 Å². The summed E-state index contributed by atoms with van der Waals surface area (Å²) in [4.78, 5) is 2.41. The molecule has 1 atom stereocenters. The predicted molar refractivity (Wildman–Crippen MR) is 232 cm³/mol. The van der Waals surface area contributed by atoms with Crippen LogP contribution in [0.15, 0.2) is 206 Å². The average Bonchev–Trinajstić information content (AvgIpc) is 3.82. The molecule has 55 heavy (non-hydrogen) atoms. The van der Waals surface area contributed by atoms with Gasteiger partial charge < -0.3 is 10.2 Å². The van der Waals surface area contributed by atoms with Gasteiger partial charge in [-0.25, -0.2) is 0 Å². The van der Waals surface area contributed by atoms with Gasteiger partial charge in [0, 0.05) is 5.69 Å². The molecule has 0 bridgehead atoms. The van der Waals surface area contributed by atoms with Crippen molar-refractivity contribution in [3.63, 3.8) is 0 Å². The monoisotopic (exact) mass is 700 g/mol. The third-order valence-corrected chi connectivity index (χ3v) is 11.4. The number of hydrogen-bond acceptors (Lipinski definition) is 2. The Morgan fingerprint density at radius 1 is 0.345 bits per heavy atom. The standard InChI is InChI=1S/C53H36N2/c1-5-17-36(18-6-1)47-48(39-31-33-40(34-32-39)53-54-44-29-13-14-30-45(44)55(53)41-25-11-4-12-26-41)50(38-21-9-3-10-22-38)52-43-28-16-24-35-23-15-27-42(46(35)43)51(52)49(47)37-19-7-2-8-20-37/h1-34,53-54H. The van der Waals surface area contributed by atoms with E-state index in [9.17, 15) is 0 Å². The number of fused-ring (bicyclic) bond motifs is 4. The minimum atomic E-state index is -0.0527. The number of nitrogens with one attached hydrogen (secondary N) is 1. The number of anilines is 3. The Bertz CT molecular complexity index is 2860. The summed E-state index contributed by atoms with van der Waals surface area (Å²) in [5.41, 5.74) is 19.7. The highest BCUT2D eigenvalue weighted by Crippen LogP contribution is 2.60. The van der Waals surface area contributed by atoms with Crippen molar-refractivity contribution in [1.82, 2.24) is 0 Å². The van der Waals surface area contributed by atoms with E-state index in [0.717, 1.165) is 11.4 Å². The first-order valence-corrected chi connectivity index (χ1v) is 19.1. The summed E-state index contributed by atoms with van der Waals surface area (Å²) in [5, 5.41) is 6.44. The maximum Gasteiger partial charge on any atom is 0.130 e. The average molecular weight is 701 g/mol. The van der Waals surface area contributed by atoms with Gasteiger partial charge in [-0.3, -0.25) is 0 Å². The second-order valence-electron chi connectivity index (χ2n) is 14.4. The molecule has 9 aromatic rings. The lowest BCUT2D eigenvalue weighted by Crippen LogP contribution is -2.23. The topological polar surface area (TPSA) is 15.3 Å². The maximum absolute atomic E-state index is 3.84. The predicted octanol–water partition coefficient (Wildman–Crippen LogP) is 14.4. The van der Waals surface area contributed by atoms with Crippen LogP contribution in [-0.2, 0) is 0 Å². The largest absolute Gasteiger partial charge is 0.359 e. The Hall–Kier alpha value is -7.16. The highest BCUT2D eigenvalue weighted by molar-refractivity contribution is 6.25. The lowest BCUT2D eigenvalue weighted by atomic mass is 9.76. The molecule has 1 heterocycles. The van der Waals surface area contributed by atoms with Crippen molar-refractivity contribution in [2.45, 2.75) is 6.17 Å². The van der Waals surface area contributed by atoms with Crippen LogP contribution < -0.4 is 10.2 Å². The molecule has 9 aromatic carbocycles. The molecule has 0 fully saturated rings. The van der Waals surface area contributed by atoms with E-state index in [1.54, 1.807) is 0 Å². The molecule has 2 nitrogen and oxygen atoms in total. The zero-order valence-corrected chi connectivity index (χ0v) is 30.2. The van der Waals surface area contributed by atoms with Crippen molar-refractivity contribution in [2.75, 3.05) is 10.2 Å². The second-order valence-corrected chi connectivity index (χ2v) is 14.4. The van der Waals surface area contributed by atoms with Crippen LogP contribution in [0.25, 0.3) is 77.5 Å². The molecule has 0 aromatic heterocycles. The van der Waals surface area contributed by atoms with Crippen LogP contribution in [0.2, 0.25) is 0 Å². The van der Waals surface area contributed by atoms with Gasteiger partial charge in [0.1, 0.15) is 6.17 Å². The lowest BCUT2D eigenvalue weighted by Gasteiger charge is -2.28. The molecule has 0 saturated carbocycles. The Morgan fingerprint density at radius 2 is 0.782 bits per heavy atom. The zero-order valence-electron chi connectivity index (χ0n) is 30.2. The van der Waals surface area contributed by atoms with Crippen LogP contribution in [0.4, 0.5) is 17.1 Å². The molecule has 0 saturated heterocycles. The minimum absolute atomic E-state index is 0.0527. The molecule has 258 valence electrons. The first kappa shape index (κ1) is 31.4. The number of nitrogens with zero attached hydrogens (tertiary/aromatic N) is 1. The van der Waals surface area contributed by atoms with Gasteiger partial charge in [0.05, 0.1) is 11.4 Å². The van der Waals surface area contributed by atoms with Crippen molar-refractivity contribution in [3.05, 3.63) is 212 Å². The molecule has 0 spiro atoms. The van der Waals surface area contributed by atoms with E-state index in [4.69, 9.17) is 0 Å². The Balaban J connectivity index is 1.22. The molecule has 0 amide bonds. The summed E-state index contributed by atoms with van der Waals surface area (Å²) in [7, 11) is 0. The summed E-state index contributed by atoms with van der Waals surface area (Å²) in [6.45, 7) is 0. The summed E-state index contributed by atoms with van der Waals surface area (Å²) >= 11 is 0. The van der Waals surface area contributed by atoms with E-state index < -0.39 is 0 Å². The molecule has 1 N–H and O–H groups in total. The molecule has 1 aliphatic heterocycles. The summed E-state index contributed by atoms with van der Waals surface area (Å²) in [6, 6.07) is 75.3. The fourth-order valence-corrected chi connectivity index (χ4v) is 9.11. The molecule has 1 aliphatic carbocycles. The molecule has 2 aliphatic rings. The van der Waals surface area contributed by atoms with E-state index in [1.165, 1.54) is 88.8 Å². The van der Waals surface area contributed by atoms with Gasteiger partial charge >= 0.3 is 0 Å². The van der Waals surface area contributed by atoms with Crippen LogP contribution in [-0.4, -0.2) is 0 Å². The molecule has 0 radical (unpaired) electrons. The quantitative estimate of drug-likeness (QED) is 0.186. The lowest BCUT2D eigenvalue weighted by molar-refractivity contribution is 0.828. The van der Waals surface area contributed by atoms with Crippen molar-refractivity contribution in [3.8, 4) is 66.8 Å². The van der Waals surface area contributed by atoms with E-state index in [0.29, 0.717) is 0 Å². The minimum Gasteiger partial charge on any atom is -0.359 e. The van der Waals surface area contributed by atoms with E-state index in [2.05, 4.69) is 216 Å². The summed E-state index contributed by atoms with van der Waals surface area (Å²) in [5.74, 6) is 0. The highest BCUT2D eigenvalue weighted by Gasteiger charge is 2.35. The van der Waals surface area contributed by atoms with E-state index in [1.807, 2.05) is 0 Å². The van der Waals surface area contributed by atoms with Crippen molar-refractivity contribution >= 4 is 27.8 Å². The fourth-order valence-electron chi connectivity index (χ4n) is 9.11. The van der Waals surface area contributed by atoms with Crippen LogP contribution in [0.3, 0.4) is 0 Å². The summed E-state index contributed by atoms with van der Waals surface area (Å²) in [6.07, 6.45) is -0.0527. The van der Waals surface area contributed by atoms with Crippen LogP contribution in [0, 0.1) is 0 Å². The number of rotatable bonds is 6. The zero-order chi connectivity index (χ0) is 36.3. The highest BCUT2D eigenvalue weighted by atomic mass is 15.3. The van der Waals surface area contributed by atoms with Gasteiger partial charge in [0.2, 0.25) is 0 Å². The molecular formula is C53H36N2. The first-order valence-electron chi connectivity index (χ1n) is 19.1. The second kappa shape index (κ2) is 12.8. The van der Waals surface area contributed by atoms with Gasteiger partial charge in [-0.2, -0.15) is 0 Å². The Labute approximate surface area is 321 Å². The van der Waals surface area contributed by atoms with Crippen molar-refractivity contribution in [2.24, 2.45) is 0 Å². The van der Waals surface area contributed by atoms with E-state index >= 15 is 0 Å². The normalized spacial score (nSPS) is 13.7. The number of benzene rings is 9.